The monoisotopic (exact) mass is 431 g/mol. The third kappa shape index (κ3) is 4.79. The standard InChI is InChI=1S/C21H25N3O5S/c1-22(17-8-4-2-5-9-17)21(25)16-23(18-12-14-19(15-13-18)24(26)27)30(28,29)20-10-6-3-7-11-20/h3,6-7,10-15,17H,2,4-5,8-9,16H2,1H3. The predicted octanol–water partition coefficient (Wildman–Crippen LogP) is 3.58. The van der Waals surface area contributed by atoms with Gasteiger partial charge in [0.1, 0.15) is 6.54 Å². The fraction of sp³-hybridized carbons (Fsp3) is 0.381. The number of amides is 1. The van der Waals surface area contributed by atoms with Crippen LogP contribution in [0.4, 0.5) is 11.4 Å². The Balaban J connectivity index is 1.93. The summed E-state index contributed by atoms with van der Waals surface area (Å²) in [5, 5.41) is 11.0. The van der Waals surface area contributed by atoms with Gasteiger partial charge in [0.2, 0.25) is 5.91 Å². The maximum absolute atomic E-state index is 13.3. The fourth-order valence-electron chi connectivity index (χ4n) is 3.68. The zero-order chi connectivity index (χ0) is 21.7. The number of hydrogen-bond donors (Lipinski definition) is 0. The van der Waals surface area contributed by atoms with Crippen LogP contribution >= 0.6 is 0 Å². The zero-order valence-corrected chi connectivity index (χ0v) is 17.6. The molecule has 2 aromatic rings. The van der Waals surface area contributed by atoms with Crippen LogP contribution in [0, 0.1) is 10.1 Å². The quantitative estimate of drug-likeness (QED) is 0.493. The maximum Gasteiger partial charge on any atom is 0.269 e. The molecule has 8 nitrogen and oxygen atoms in total. The number of carbonyl (C=O) groups excluding carboxylic acids is 1. The normalized spacial score (nSPS) is 14.8. The molecule has 0 N–H and O–H groups in total. The van der Waals surface area contributed by atoms with Crippen molar-refractivity contribution < 1.29 is 18.1 Å². The van der Waals surface area contributed by atoms with E-state index in [-0.39, 0.29) is 34.8 Å². The minimum Gasteiger partial charge on any atom is -0.341 e. The number of non-ortho nitro benzene ring substituents is 1. The smallest absolute Gasteiger partial charge is 0.269 e. The van der Waals surface area contributed by atoms with Crippen molar-refractivity contribution in [2.24, 2.45) is 0 Å². The Morgan fingerprint density at radius 1 is 1.03 bits per heavy atom. The molecule has 1 aliphatic carbocycles. The Morgan fingerprint density at radius 3 is 2.20 bits per heavy atom. The molecular weight excluding hydrogens is 406 g/mol. The molecule has 0 aliphatic heterocycles. The van der Waals surface area contributed by atoms with Gasteiger partial charge < -0.3 is 4.90 Å². The summed E-state index contributed by atoms with van der Waals surface area (Å²) in [6.45, 7) is -0.373. The molecule has 2 aromatic carbocycles. The van der Waals surface area contributed by atoms with Crippen molar-refractivity contribution in [3.8, 4) is 0 Å². The van der Waals surface area contributed by atoms with Gasteiger partial charge in [-0.3, -0.25) is 19.2 Å². The number of rotatable bonds is 7. The molecule has 3 rings (SSSR count). The molecule has 1 fully saturated rings. The van der Waals surface area contributed by atoms with E-state index in [4.69, 9.17) is 0 Å². The van der Waals surface area contributed by atoms with Crippen molar-refractivity contribution in [3.63, 3.8) is 0 Å². The van der Waals surface area contributed by atoms with E-state index in [9.17, 15) is 23.3 Å². The van der Waals surface area contributed by atoms with Gasteiger partial charge in [0.15, 0.2) is 0 Å². The third-order valence-electron chi connectivity index (χ3n) is 5.47. The average Bonchev–Trinajstić information content (AvgIpc) is 2.78. The molecule has 0 bridgehead atoms. The summed E-state index contributed by atoms with van der Waals surface area (Å²) in [6, 6.07) is 13.1. The van der Waals surface area contributed by atoms with Crippen molar-refractivity contribution in [1.29, 1.82) is 0 Å². The van der Waals surface area contributed by atoms with E-state index in [2.05, 4.69) is 0 Å². The van der Waals surface area contributed by atoms with Crippen molar-refractivity contribution >= 4 is 27.3 Å². The SMILES string of the molecule is CN(C(=O)CN(c1ccc([N+](=O)[O-])cc1)S(=O)(=O)c1ccccc1)C1CCCCC1. The molecule has 0 radical (unpaired) electrons. The number of anilines is 1. The molecule has 0 atom stereocenters. The molecule has 0 aromatic heterocycles. The van der Waals surface area contributed by atoms with E-state index >= 15 is 0 Å². The summed E-state index contributed by atoms with van der Waals surface area (Å²) in [5.41, 5.74) is 0.0521. The van der Waals surface area contributed by atoms with Gasteiger partial charge in [-0.25, -0.2) is 8.42 Å². The lowest BCUT2D eigenvalue weighted by Gasteiger charge is -2.33. The minimum atomic E-state index is -4.03. The summed E-state index contributed by atoms with van der Waals surface area (Å²) in [7, 11) is -2.32. The minimum absolute atomic E-state index is 0.0523. The van der Waals surface area contributed by atoms with Crippen LogP contribution in [0.3, 0.4) is 0 Å². The van der Waals surface area contributed by atoms with Gasteiger partial charge >= 0.3 is 0 Å². The Labute approximate surface area is 176 Å². The highest BCUT2D eigenvalue weighted by molar-refractivity contribution is 7.92. The maximum atomic E-state index is 13.3. The second-order valence-corrected chi connectivity index (χ2v) is 9.26. The molecule has 0 saturated heterocycles. The molecule has 30 heavy (non-hydrogen) atoms. The van der Waals surface area contributed by atoms with Crippen LogP contribution in [-0.2, 0) is 14.8 Å². The number of likely N-dealkylation sites (N-methyl/N-ethyl adjacent to an activating group) is 1. The van der Waals surface area contributed by atoms with Gasteiger partial charge in [-0.2, -0.15) is 0 Å². The fourth-order valence-corrected chi connectivity index (χ4v) is 5.12. The third-order valence-corrected chi connectivity index (χ3v) is 7.26. The molecule has 1 aliphatic rings. The lowest BCUT2D eigenvalue weighted by molar-refractivity contribution is -0.384. The van der Waals surface area contributed by atoms with Crippen molar-refractivity contribution in [1.82, 2.24) is 4.90 Å². The van der Waals surface area contributed by atoms with Crippen LogP contribution < -0.4 is 4.31 Å². The molecule has 0 spiro atoms. The van der Waals surface area contributed by atoms with Crippen LogP contribution in [0.1, 0.15) is 32.1 Å². The number of nitro benzene ring substituents is 1. The summed E-state index contributed by atoms with van der Waals surface area (Å²) in [4.78, 5) is 25.1. The summed E-state index contributed by atoms with van der Waals surface area (Å²) in [5.74, 6) is -0.306. The summed E-state index contributed by atoms with van der Waals surface area (Å²) < 4.78 is 27.6. The number of nitrogens with zero attached hydrogens (tertiary/aromatic N) is 3. The summed E-state index contributed by atoms with van der Waals surface area (Å²) >= 11 is 0. The zero-order valence-electron chi connectivity index (χ0n) is 16.8. The first-order valence-electron chi connectivity index (χ1n) is 9.88. The number of nitro groups is 1. The molecule has 1 amide bonds. The van der Waals surface area contributed by atoms with Crippen molar-refractivity contribution in [2.75, 3.05) is 17.9 Å². The largest absolute Gasteiger partial charge is 0.341 e. The Bertz CT molecular complexity index is 987. The first-order valence-corrected chi connectivity index (χ1v) is 11.3. The number of hydrogen-bond acceptors (Lipinski definition) is 5. The van der Waals surface area contributed by atoms with Crippen molar-refractivity contribution in [3.05, 3.63) is 64.7 Å². The lowest BCUT2D eigenvalue weighted by Crippen LogP contribution is -2.45. The molecular formula is C21H25N3O5S. The first-order chi connectivity index (χ1) is 14.3. The average molecular weight is 432 g/mol. The van der Waals surface area contributed by atoms with Gasteiger partial charge in [-0.05, 0) is 37.1 Å². The van der Waals surface area contributed by atoms with Gasteiger partial charge in [0.05, 0.1) is 15.5 Å². The highest BCUT2D eigenvalue weighted by Gasteiger charge is 2.30. The number of benzene rings is 2. The first kappa shape index (κ1) is 21.8. The van der Waals surface area contributed by atoms with Crippen LogP contribution in [0.25, 0.3) is 0 Å². The van der Waals surface area contributed by atoms with Crippen LogP contribution in [0.5, 0.6) is 0 Å². The predicted molar refractivity (Wildman–Crippen MR) is 114 cm³/mol. The van der Waals surface area contributed by atoms with Crippen LogP contribution in [0.2, 0.25) is 0 Å². The van der Waals surface area contributed by atoms with Gasteiger partial charge in [-0.15, -0.1) is 0 Å². The lowest BCUT2D eigenvalue weighted by atomic mass is 9.94. The Kier molecular flexibility index (Phi) is 6.71. The van der Waals surface area contributed by atoms with E-state index in [1.807, 2.05) is 0 Å². The second kappa shape index (κ2) is 9.25. The summed E-state index contributed by atoms with van der Waals surface area (Å²) in [6.07, 6.45) is 5.07. The number of carbonyl (C=O) groups is 1. The highest BCUT2D eigenvalue weighted by Crippen LogP contribution is 2.27. The highest BCUT2D eigenvalue weighted by atomic mass is 32.2. The molecule has 0 unspecified atom stereocenters. The Hall–Kier alpha value is -2.94. The molecule has 0 heterocycles. The van der Waals surface area contributed by atoms with Crippen LogP contribution in [0.15, 0.2) is 59.5 Å². The molecule has 9 heteroatoms. The van der Waals surface area contributed by atoms with Gasteiger partial charge in [0.25, 0.3) is 15.7 Å². The van der Waals surface area contributed by atoms with E-state index in [1.165, 1.54) is 36.4 Å². The van der Waals surface area contributed by atoms with E-state index in [1.54, 1.807) is 30.1 Å². The Morgan fingerprint density at radius 2 is 1.63 bits per heavy atom. The topological polar surface area (TPSA) is 101 Å². The van der Waals surface area contributed by atoms with E-state index < -0.39 is 14.9 Å². The van der Waals surface area contributed by atoms with Crippen LogP contribution in [-0.4, -0.2) is 43.8 Å². The van der Waals surface area contributed by atoms with E-state index in [0.717, 1.165) is 36.4 Å². The van der Waals surface area contributed by atoms with E-state index in [0.29, 0.717) is 0 Å². The second-order valence-electron chi connectivity index (χ2n) is 7.39. The van der Waals surface area contributed by atoms with Gasteiger partial charge in [0, 0.05) is 25.2 Å². The van der Waals surface area contributed by atoms with Gasteiger partial charge in [-0.1, -0.05) is 37.5 Å². The number of sulfonamides is 1. The molecule has 1 saturated carbocycles. The molecule has 160 valence electrons. The van der Waals surface area contributed by atoms with Crippen molar-refractivity contribution in [2.45, 2.75) is 43.0 Å².